The Kier molecular flexibility index (Phi) is 7.61. The minimum atomic E-state index is -0.0458. The van der Waals surface area contributed by atoms with Crippen LogP contribution in [0.15, 0.2) is 182 Å². The van der Waals surface area contributed by atoms with E-state index in [4.69, 9.17) is 10.2 Å². The minimum Gasteiger partial charge on any atom is -0.289 e. The van der Waals surface area contributed by atoms with E-state index in [1.54, 1.807) is 0 Å². The van der Waals surface area contributed by atoms with Crippen LogP contribution in [-0.2, 0) is 0 Å². The molecule has 8 rings (SSSR count). The highest BCUT2D eigenvalue weighted by Crippen LogP contribution is 2.31. The zero-order valence-corrected chi connectivity index (χ0v) is 26.0. The number of carbonyl (C=O) groups excluding carboxylic acids is 1. The lowest BCUT2D eigenvalue weighted by molar-refractivity contribution is 0.103. The van der Waals surface area contributed by atoms with Gasteiger partial charge in [-0.15, -0.1) is 0 Å². The van der Waals surface area contributed by atoms with E-state index in [2.05, 4.69) is 60.7 Å². The van der Waals surface area contributed by atoms with Gasteiger partial charge in [-0.3, -0.25) is 4.79 Å². The molecule has 0 radical (unpaired) electrons. The van der Waals surface area contributed by atoms with Crippen molar-refractivity contribution in [3.63, 3.8) is 0 Å². The van der Waals surface area contributed by atoms with Gasteiger partial charge in [0.1, 0.15) is 0 Å². The molecule has 0 fully saturated rings. The standard InChI is InChI=1S/C43H30N4O/c48-43(35-21-25-37(26-22-35)46-41(33-17-9-3-10-18-33)29-39(44-46)31-13-5-1-6-14-31)36-23-27-38(28-24-36)47-42(34-19-11-4-12-20-34)30-40(45-47)32-15-7-2-8-16-32/h1-30H. The number of hydrogen-bond acceptors (Lipinski definition) is 3. The average Bonchev–Trinajstić information content (AvgIpc) is 3.83. The molecule has 5 nitrogen and oxygen atoms in total. The van der Waals surface area contributed by atoms with Crippen LogP contribution >= 0.6 is 0 Å². The van der Waals surface area contributed by atoms with Gasteiger partial charge in [-0.25, -0.2) is 9.36 Å². The number of nitrogens with zero attached hydrogens (tertiary/aromatic N) is 4. The number of benzene rings is 6. The van der Waals surface area contributed by atoms with Crippen LogP contribution in [0.1, 0.15) is 15.9 Å². The van der Waals surface area contributed by atoms with Crippen molar-refractivity contribution in [1.82, 2.24) is 19.6 Å². The Hall–Kier alpha value is -6.59. The Bertz CT molecular complexity index is 2140. The quantitative estimate of drug-likeness (QED) is 0.159. The average molecular weight is 619 g/mol. The van der Waals surface area contributed by atoms with E-state index in [1.807, 2.05) is 131 Å². The first-order chi connectivity index (χ1) is 23.7. The number of ketones is 1. The monoisotopic (exact) mass is 618 g/mol. The summed E-state index contributed by atoms with van der Waals surface area (Å²) in [6.45, 7) is 0. The third kappa shape index (κ3) is 5.65. The Morgan fingerprint density at radius 3 is 1.02 bits per heavy atom. The largest absolute Gasteiger partial charge is 0.289 e. The zero-order chi connectivity index (χ0) is 32.3. The zero-order valence-electron chi connectivity index (χ0n) is 26.0. The van der Waals surface area contributed by atoms with Gasteiger partial charge in [-0.1, -0.05) is 121 Å². The van der Waals surface area contributed by atoms with Gasteiger partial charge in [0.15, 0.2) is 5.78 Å². The molecule has 0 saturated carbocycles. The minimum absolute atomic E-state index is 0.0458. The van der Waals surface area contributed by atoms with Crippen LogP contribution in [0.25, 0.3) is 56.4 Å². The molecular weight excluding hydrogens is 589 g/mol. The summed E-state index contributed by atoms with van der Waals surface area (Å²) in [6, 6.07) is 60.3. The fraction of sp³-hybridized carbons (Fsp3) is 0. The summed E-state index contributed by atoms with van der Waals surface area (Å²) in [5, 5.41) is 9.94. The van der Waals surface area contributed by atoms with Crippen molar-refractivity contribution >= 4 is 5.78 Å². The third-order valence-corrected chi connectivity index (χ3v) is 8.45. The van der Waals surface area contributed by atoms with Gasteiger partial charge in [-0.2, -0.15) is 10.2 Å². The molecule has 2 heterocycles. The second kappa shape index (κ2) is 12.7. The maximum Gasteiger partial charge on any atom is 0.193 e. The molecule has 228 valence electrons. The van der Waals surface area contributed by atoms with Crippen LogP contribution in [0.3, 0.4) is 0 Å². The highest BCUT2D eigenvalue weighted by atomic mass is 16.1. The maximum atomic E-state index is 13.7. The predicted octanol–water partition coefficient (Wildman–Crippen LogP) is 9.96. The SMILES string of the molecule is O=C(c1ccc(-n2nc(-c3ccccc3)cc2-c2ccccc2)cc1)c1ccc(-n2nc(-c3ccccc3)cc2-c2ccccc2)cc1. The maximum absolute atomic E-state index is 13.7. The summed E-state index contributed by atoms with van der Waals surface area (Å²) in [4.78, 5) is 13.7. The van der Waals surface area contributed by atoms with Crippen LogP contribution in [0.2, 0.25) is 0 Å². The predicted molar refractivity (Wildman–Crippen MR) is 192 cm³/mol. The molecule has 0 spiro atoms. The van der Waals surface area contributed by atoms with Crippen LogP contribution in [0, 0.1) is 0 Å². The molecule has 5 heteroatoms. The van der Waals surface area contributed by atoms with Crippen molar-refractivity contribution in [2.45, 2.75) is 0 Å². The van der Waals surface area contributed by atoms with Gasteiger partial charge in [-0.05, 0) is 60.7 Å². The van der Waals surface area contributed by atoms with E-state index in [-0.39, 0.29) is 5.78 Å². The van der Waals surface area contributed by atoms with Crippen LogP contribution in [-0.4, -0.2) is 25.3 Å². The molecule has 48 heavy (non-hydrogen) atoms. The molecule has 0 aliphatic carbocycles. The fourth-order valence-corrected chi connectivity index (χ4v) is 5.96. The fourth-order valence-electron chi connectivity index (χ4n) is 5.96. The number of aromatic nitrogens is 4. The molecule has 8 aromatic rings. The van der Waals surface area contributed by atoms with Crippen molar-refractivity contribution in [3.8, 4) is 56.4 Å². The molecule has 0 bridgehead atoms. The highest BCUT2D eigenvalue weighted by Gasteiger charge is 2.17. The Morgan fingerprint density at radius 1 is 0.375 bits per heavy atom. The molecule has 0 amide bonds. The number of hydrogen-bond donors (Lipinski definition) is 0. The van der Waals surface area contributed by atoms with Crippen molar-refractivity contribution in [1.29, 1.82) is 0 Å². The third-order valence-electron chi connectivity index (χ3n) is 8.45. The van der Waals surface area contributed by atoms with Crippen LogP contribution in [0.5, 0.6) is 0 Å². The summed E-state index contributed by atoms with van der Waals surface area (Å²) in [7, 11) is 0. The lowest BCUT2D eigenvalue weighted by Crippen LogP contribution is -2.05. The molecule has 0 saturated heterocycles. The summed E-state index contributed by atoms with van der Waals surface area (Å²) in [6.07, 6.45) is 0. The first-order valence-corrected chi connectivity index (χ1v) is 15.9. The first-order valence-electron chi connectivity index (χ1n) is 15.9. The second-order valence-electron chi connectivity index (χ2n) is 11.5. The summed E-state index contributed by atoms with van der Waals surface area (Å²) < 4.78 is 3.89. The van der Waals surface area contributed by atoms with E-state index in [0.717, 1.165) is 56.4 Å². The smallest absolute Gasteiger partial charge is 0.193 e. The van der Waals surface area contributed by atoms with Gasteiger partial charge in [0.05, 0.1) is 34.2 Å². The topological polar surface area (TPSA) is 52.7 Å². The molecule has 0 unspecified atom stereocenters. The van der Waals surface area contributed by atoms with Gasteiger partial charge in [0.25, 0.3) is 0 Å². The van der Waals surface area contributed by atoms with E-state index in [1.165, 1.54) is 0 Å². The Morgan fingerprint density at radius 2 is 0.688 bits per heavy atom. The molecular formula is C43H30N4O. The molecule has 2 aromatic heterocycles. The Balaban J connectivity index is 1.09. The number of rotatable bonds is 8. The van der Waals surface area contributed by atoms with Crippen molar-refractivity contribution in [2.24, 2.45) is 0 Å². The summed E-state index contributed by atoms with van der Waals surface area (Å²) >= 11 is 0. The van der Waals surface area contributed by atoms with E-state index < -0.39 is 0 Å². The van der Waals surface area contributed by atoms with Gasteiger partial charge in [0.2, 0.25) is 0 Å². The van der Waals surface area contributed by atoms with Gasteiger partial charge < -0.3 is 0 Å². The molecule has 0 atom stereocenters. The van der Waals surface area contributed by atoms with Crippen LogP contribution in [0.4, 0.5) is 0 Å². The van der Waals surface area contributed by atoms with Crippen molar-refractivity contribution < 1.29 is 4.79 Å². The van der Waals surface area contributed by atoms with Crippen molar-refractivity contribution in [2.75, 3.05) is 0 Å². The van der Waals surface area contributed by atoms with Crippen LogP contribution < -0.4 is 0 Å². The lowest BCUT2D eigenvalue weighted by atomic mass is 10.0. The Labute approximate surface area is 279 Å². The molecule has 0 aliphatic rings. The molecule has 0 aliphatic heterocycles. The summed E-state index contributed by atoms with van der Waals surface area (Å²) in [5.41, 5.74) is 10.9. The summed E-state index contributed by atoms with van der Waals surface area (Å²) in [5.74, 6) is -0.0458. The van der Waals surface area contributed by atoms with E-state index >= 15 is 0 Å². The lowest BCUT2D eigenvalue weighted by Gasteiger charge is -2.10. The molecule has 6 aromatic carbocycles. The normalized spacial score (nSPS) is 11.0. The van der Waals surface area contributed by atoms with Crippen molar-refractivity contribution in [3.05, 3.63) is 193 Å². The number of carbonyl (C=O) groups is 1. The molecule has 0 N–H and O–H groups in total. The van der Waals surface area contributed by atoms with Gasteiger partial charge in [0, 0.05) is 33.4 Å². The van der Waals surface area contributed by atoms with E-state index in [0.29, 0.717) is 11.1 Å². The van der Waals surface area contributed by atoms with Gasteiger partial charge >= 0.3 is 0 Å². The second-order valence-corrected chi connectivity index (χ2v) is 11.5. The first kappa shape index (κ1) is 28.9. The highest BCUT2D eigenvalue weighted by molar-refractivity contribution is 6.09. The van der Waals surface area contributed by atoms with E-state index in [9.17, 15) is 4.79 Å².